The number of amides is 1. The summed E-state index contributed by atoms with van der Waals surface area (Å²) in [6.45, 7) is 3.32. The maximum atomic E-state index is 13.1. The Balaban J connectivity index is 1.27. The van der Waals surface area contributed by atoms with Crippen molar-refractivity contribution in [2.45, 2.75) is 25.8 Å². The summed E-state index contributed by atoms with van der Waals surface area (Å²) in [6, 6.07) is 5.98. The molecule has 6 nitrogen and oxygen atoms in total. The van der Waals surface area contributed by atoms with Gasteiger partial charge in [0.25, 0.3) is 0 Å². The smallest absolute Gasteiger partial charge is 0.226 e. The Morgan fingerprint density at radius 2 is 1.87 bits per heavy atom. The standard InChI is InChI=1S/C22H25N3O3S2/c1-27-16-3-4-17(28-2)20-19(16)23-22(30-20)24-9-5-14(6-10-24)21(26)25-11-7-18-15(13-25)8-12-29-18/h3-4,8,12,14H,5-7,9-11,13H2,1-2H3. The van der Waals surface area contributed by atoms with E-state index >= 15 is 0 Å². The Morgan fingerprint density at radius 1 is 1.10 bits per heavy atom. The summed E-state index contributed by atoms with van der Waals surface area (Å²) in [5, 5.41) is 3.11. The minimum atomic E-state index is 0.111. The van der Waals surface area contributed by atoms with Crippen LogP contribution >= 0.6 is 22.7 Å². The molecule has 8 heteroatoms. The predicted octanol–water partition coefficient (Wildman–Crippen LogP) is 4.18. The first kappa shape index (κ1) is 19.6. The zero-order chi connectivity index (χ0) is 20.7. The van der Waals surface area contributed by atoms with Crippen LogP contribution in [0.2, 0.25) is 0 Å². The lowest BCUT2D eigenvalue weighted by Crippen LogP contribution is -2.44. The van der Waals surface area contributed by atoms with E-state index in [1.165, 1.54) is 10.4 Å². The van der Waals surface area contributed by atoms with Gasteiger partial charge in [0.15, 0.2) is 5.13 Å². The molecular formula is C22H25N3O3S2. The Bertz CT molecular complexity index is 1030. The van der Waals surface area contributed by atoms with Crippen molar-refractivity contribution in [2.75, 3.05) is 38.8 Å². The molecule has 1 amide bonds. The molecule has 0 spiro atoms. The van der Waals surface area contributed by atoms with Crippen LogP contribution in [-0.4, -0.2) is 49.6 Å². The highest BCUT2D eigenvalue weighted by Gasteiger charge is 2.31. The van der Waals surface area contributed by atoms with Crippen LogP contribution in [-0.2, 0) is 17.8 Å². The van der Waals surface area contributed by atoms with E-state index < -0.39 is 0 Å². The number of rotatable bonds is 4. The third-order valence-corrected chi connectivity index (χ3v) is 8.29. The van der Waals surface area contributed by atoms with Crippen LogP contribution < -0.4 is 14.4 Å². The Labute approximate surface area is 184 Å². The van der Waals surface area contributed by atoms with Gasteiger partial charge in [-0.2, -0.15) is 0 Å². The molecule has 2 aliphatic heterocycles. The molecule has 1 saturated heterocycles. The second-order valence-electron chi connectivity index (χ2n) is 7.78. The van der Waals surface area contributed by atoms with Crippen molar-refractivity contribution in [1.29, 1.82) is 0 Å². The van der Waals surface area contributed by atoms with E-state index in [9.17, 15) is 4.79 Å². The summed E-state index contributed by atoms with van der Waals surface area (Å²) in [5.41, 5.74) is 2.17. The minimum Gasteiger partial charge on any atom is -0.495 e. The molecular weight excluding hydrogens is 418 g/mol. The second kappa shape index (κ2) is 8.07. The summed E-state index contributed by atoms with van der Waals surface area (Å²) in [5.74, 6) is 2.01. The molecule has 1 aromatic carbocycles. The number of nitrogens with zero attached hydrogens (tertiary/aromatic N) is 3. The highest BCUT2D eigenvalue weighted by molar-refractivity contribution is 7.22. The normalized spacial score (nSPS) is 17.3. The van der Waals surface area contributed by atoms with Gasteiger partial charge in [-0.3, -0.25) is 4.79 Å². The van der Waals surface area contributed by atoms with Crippen molar-refractivity contribution in [1.82, 2.24) is 9.88 Å². The number of piperidine rings is 1. The molecule has 158 valence electrons. The number of methoxy groups -OCH3 is 2. The maximum Gasteiger partial charge on any atom is 0.226 e. The molecule has 30 heavy (non-hydrogen) atoms. The number of thiophene rings is 1. The molecule has 0 N–H and O–H groups in total. The monoisotopic (exact) mass is 443 g/mol. The highest BCUT2D eigenvalue weighted by Crippen LogP contribution is 2.41. The van der Waals surface area contributed by atoms with Crippen LogP contribution in [0.4, 0.5) is 5.13 Å². The van der Waals surface area contributed by atoms with Crippen molar-refractivity contribution in [2.24, 2.45) is 5.92 Å². The summed E-state index contributed by atoms with van der Waals surface area (Å²) in [7, 11) is 3.34. The molecule has 2 aliphatic rings. The van der Waals surface area contributed by atoms with Gasteiger partial charge in [0, 0.05) is 37.0 Å². The van der Waals surface area contributed by atoms with Crippen LogP contribution in [0.3, 0.4) is 0 Å². The molecule has 0 saturated carbocycles. The molecule has 3 aromatic rings. The van der Waals surface area contributed by atoms with E-state index in [2.05, 4.69) is 21.2 Å². The first-order chi connectivity index (χ1) is 14.7. The molecule has 0 aliphatic carbocycles. The SMILES string of the molecule is COc1ccc(OC)c2sc(N3CCC(C(=O)N4CCc5sccc5C4)CC3)nc12. The third-order valence-electron chi connectivity index (χ3n) is 6.13. The zero-order valence-electron chi connectivity index (χ0n) is 17.2. The van der Waals surface area contributed by atoms with Gasteiger partial charge in [-0.05, 0) is 48.4 Å². The fourth-order valence-electron chi connectivity index (χ4n) is 4.42. The lowest BCUT2D eigenvalue weighted by molar-refractivity contribution is -0.137. The molecule has 4 heterocycles. The molecule has 2 aromatic heterocycles. The van der Waals surface area contributed by atoms with Crippen molar-refractivity contribution >= 4 is 43.9 Å². The molecule has 1 fully saturated rings. The summed E-state index contributed by atoms with van der Waals surface area (Å²) >= 11 is 3.44. The van der Waals surface area contributed by atoms with Crippen LogP contribution in [0.25, 0.3) is 10.2 Å². The number of aromatic nitrogens is 1. The number of fused-ring (bicyclic) bond motifs is 2. The quantitative estimate of drug-likeness (QED) is 0.606. The number of anilines is 1. The van der Waals surface area contributed by atoms with Gasteiger partial charge in [0.2, 0.25) is 5.91 Å². The number of thiazole rings is 1. The van der Waals surface area contributed by atoms with E-state index in [-0.39, 0.29) is 5.92 Å². The van der Waals surface area contributed by atoms with Crippen LogP contribution in [0, 0.1) is 5.92 Å². The fraction of sp³-hybridized carbons (Fsp3) is 0.455. The Hall–Kier alpha value is -2.32. The van der Waals surface area contributed by atoms with Gasteiger partial charge in [-0.25, -0.2) is 4.98 Å². The highest BCUT2D eigenvalue weighted by atomic mass is 32.1. The van der Waals surface area contributed by atoms with Gasteiger partial charge >= 0.3 is 0 Å². The van der Waals surface area contributed by atoms with Gasteiger partial charge in [0.05, 0.1) is 14.2 Å². The molecule has 0 unspecified atom stereocenters. The van der Waals surface area contributed by atoms with Gasteiger partial charge in [-0.15, -0.1) is 11.3 Å². The number of hydrogen-bond acceptors (Lipinski definition) is 7. The second-order valence-corrected chi connectivity index (χ2v) is 9.76. The minimum absolute atomic E-state index is 0.111. The van der Waals surface area contributed by atoms with E-state index in [4.69, 9.17) is 14.5 Å². The third kappa shape index (κ3) is 3.41. The van der Waals surface area contributed by atoms with E-state index in [0.717, 1.165) is 72.3 Å². The number of benzene rings is 1. The van der Waals surface area contributed by atoms with E-state index in [1.54, 1.807) is 25.6 Å². The van der Waals surface area contributed by atoms with Gasteiger partial charge < -0.3 is 19.3 Å². The maximum absolute atomic E-state index is 13.1. The number of carbonyl (C=O) groups excluding carboxylic acids is 1. The molecule has 0 radical (unpaired) electrons. The topological polar surface area (TPSA) is 54.9 Å². The van der Waals surface area contributed by atoms with E-state index in [0.29, 0.717) is 5.91 Å². The van der Waals surface area contributed by atoms with Gasteiger partial charge in [0.1, 0.15) is 21.7 Å². The lowest BCUT2D eigenvalue weighted by Gasteiger charge is -2.35. The van der Waals surface area contributed by atoms with Crippen molar-refractivity contribution < 1.29 is 14.3 Å². The number of hydrogen-bond donors (Lipinski definition) is 0. The number of ether oxygens (including phenoxy) is 2. The fourth-order valence-corrected chi connectivity index (χ4v) is 6.44. The van der Waals surface area contributed by atoms with Crippen LogP contribution in [0.1, 0.15) is 23.3 Å². The van der Waals surface area contributed by atoms with Gasteiger partial charge in [-0.1, -0.05) is 11.3 Å². The molecule has 0 atom stereocenters. The van der Waals surface area contributed by atoms with Crippen molar-refractivity contribution in [3.8, 4) is 11.5 Å². The summed E-state index contributed by atoms with van der Waals surface area (Å²) in [6.07, 6.45) is 2.74. The zero-order valence-corrected chi connectivity index (χ0v) is 18.9. The lowest BCUT2D eigenvalue weighted by atomic mass is 9.94. The number of carbonyl (C=O) groups is 1. The first-order valence-electron chi connectivity index (χ1n) is 10.3. The molecule has 0 bridgehead atoms. The molecule has 5 rings (SSSR count). The van der Waals surface area contributed by atoms with Crippen molar-refractivity contribution in [3.63, 3.8) is 0 Å². The van der Waals surface area contributed by atoms with Crippen LogP contribution in [0.5, 0.6) is 11.5 Å². The Kier molecular flexibility index (Phi) is 5.28. The summed E-state index contributed by atoms with van der Waals surface area (Å²) < 4.78 is 12.0. The van der Waals surface area contributed by atoms with Crippen LogP contribution in [0.15, 0.2) is 23.6 Å². The first-order valence-corrected chi connectivity index (χ1v) is 12.0. The Morgan fingerprint density at radius 3 is 2.63 bits per heavy atom. The largest absolute Gasteiger partial charge is 0.495 e. The average molecular weight is 444 g/mol. The van der Waals surface area contributed by atoms with Crippen molar-refractivity contribution in [3.05, 3.63) is 34.0 Å². The average Bonchev–Trinajstić information content (AvgIpc) is 3.45. The summed E-state index contributed by atoms with van der Waals surface area (Å²) in [4.78, 5) is 23.7. The predicted molar refractivity (Wildman–Crippen MR) is 121 cm³/mol. The van der Waals surface area contributed by atoms with E-state index in [1.807, 2.05) is 23.5 Å².